The van der Waals surface area contributed by atoms with Crippen molar-refractivity contribution >= 4 is 21.7 Å². The molecule has 2 unspecified atom stereocenters. The van der Waals surface area contributed by atoms with E-state index in [0.29, 0.717) is 12.3 Å². The van der Waals surface area contributed by atoms with Gasteiger partial charge in [0.15, 0.2) is 0 Å². The quantitative estimate of drug-likeness (QED) is 0.899. The summed E-state index contributed by atoms with van der Waals surface area (Å²) in [4.78, 5) is 4.38. The molecule has 4 heteroatoms. The van der Waals surface area contributed by atoms with Gasteiger partial charge in [-0.1, -0.05) is 31.2 Å². The number of nitrogens with two attached hydrogens (primary N) is 1. The first-order chi connectivity index (χ1) is 8.72. The average Bonchev–Trinajstić information content (AvgIpc) is 2.39. The topological polar surface area (TPSA) is 56.0 Å². The Morgan fingerprint density at radius 2 is 2.11 bits per heavy atom. The Labute approximate surface area is 110 Å². The van der Waals surface area contributed by atoms with Crippen molar-refractivity contribution in [2.24, 2.45) is 5.73 Å². The van der Waals surface area contributed by atoms with E-state index in [1.807, 2.05) is 37.3 Å². The molecule has 2 rings (SSSR count). The van der Waals surface area contributed by atoms with E-state index in [4.69, 9.17) is 5.73 Å². The Balaban J connectivity index is 2.24. The van der Waals surface area contributed by atoms with Crippen molar-refractivity contribution in [3.63, 3.8) is 0 Å². The van der Waals surface area contributed by atoms with E-state index in [1.54, 1.807) is 6.20 Å². The van der Waals surface area contributed by atoms with Crippen LogP contribution in [0.15, 0.2) is 36.5 Å². The van der Waals surface area contributed by atoms with Gasteiger partial charge in [0, 0.05) is 27.6 Å². The summed E-state index contributed by atoms with van der Waals surface area (Å²) in [6, 6.07) is 9.96. The highest BCUT2D eigenvalue weighted by Crippen LogP contribution is 2.18. The molecule has 1 aromatic carbocycles. The second-order valence-corrected chi connectivity index (χ2v) is 6.26. The number of rotatable bonds is 5. The van der Waals surface area contributed by atoms with Gasteiger partial charge in [0.25, 0.3) is 0 Å². The summed E-state index contributed by atoms with van der Waals surface area (Å²) in [6.45, 7) is 2.57. The van der Waals surface area contributed by atoms with Gasteiger partial charge in [-0.3, -0.25) is 9.19 Å². The second-order valence-electron chi connectivity index (χ2n) is 4.41. The lowest BCUT2D eigenvalue weighted by Gasteiger charge is -2.11. The van der Waals surface area contributed by atoms with Crippen LogP contribution in [0.4, 0.5) is 0 Å². The van der Waals surface area contributed by atoms with Crippen LogP contribution in [0.2, 0.25) is 0 Å². The monoisotopic (exact) mass is 262 g/mol. The van der Waals surface area contributed by atoms with Crippen molar-refractivity contribution in [3.8, 4) is 0 Å². The zero-order chi connectivity index (χ0) is 13.0. The maximum Gasteiger partial charge on any atom is 0.0743 e. The third kappa shape index (κ3) is 2.94. The Hall–Kier alpha value is -1.26. The molecule has 2 atom stereocenters. The summed E-state index contributed by atoms with van der Waals surface area (Å²) in [6.07, 6.45) is 2.57. The van der Waals surface area contributed by atoms with E-state index in [1.165, 1.54) is 0 Å². The van der Waals surface area contributed by atoms with Crippen molar-refractivity contribution in [1.82, 2.24) is 4.98 Å². The molecular formula is C14H18N2OS. The molecule has 96 valence electrons. The SMILES string of the molecule is CC(CCN)S(=O)Cc1cccc2cccnc12. The van der Waals surface area contributed by atoms with Crippen molar-refractivity contribution in [2.45, 2.75) is 24.3 Å². The lowest BCUT2D eigenvalue weighted by Crippen LogP contribution is -2.17. The van der Waals surface area contributed by atoms with Gasteiger partial charge >= 0.3 is 0 Å². The fourth-order valence-electron chi connectivity index (χ4n) is 1.95. The van der Waals surface area contributed by atoms with Gasteiger partial charge in [-0.2, -0.15) is 0 Å². The lowest BCUT2D eigenvalue weighted by atomic mass is 10.1. The van der Waals surface area contributed by atoms with E-state index in [2.05, 4.69) is 4.98 Å². The fraction of sp³-hybridized carbons (Fsp3) is 0.357. The minimum atomic E-state index is -0.892. The van der Waals surface area contributed by atoms with Crippen LogP contribution in [-0.2, 0) is 16.6 Å². The molecule has 0 radical (unpaired) electrons. The molecule has 2 aromatic rings. The third-order valence-corrected chi connectivity index (χ3v) is 4.76. The van der Waals surface area contributed by atoms with E-state index >= 15 is 0 Å². The smallest absolute Gasteiger partial charge is 0.0743 e. The predicted molar refractivity (Wildman–Crippen MR) is 76.7 cm³/mol. The lowest BCUT2D eigenvalue weighted by molar-refractivity contribution is 0.665. The first-order valence-corrected chi connectivity index (χ1v) is 7.50. The Bertz CT molecular complexity index is 551. The molecule has 0 aliphatic carbocycles. The summed E-state index contributed by atoms with van der Waals surface area (Å²) in [5, 5.41) is 1.23. The number of hydrogen-bond donors (Lipinski definition) is 1. The van der Waals surface area contributed by atoms with Gasteiger partial charge in [-0.05, 0) is 24.6 Å². The van der Waals surface area contributed by atoms with Gasteiger partial charge in [0.05, 0.1) is 11.3 Å². The summed E-state index contributed by atoms with van der Waals surface area (Å²) >= 11 is 0. The first kappa shape index (κ1) is 13.2. The van der Waals surface area contributed by atoms with E-state index in [9.17, 15) is 4.21 Å². The zero-order valence-electron chi connectivity index (χ0n) is 10.5. The van der Waals surface area contributed by atoms with E-state index < -0.39 is 10.8 Å². The second kappa shape index (κ2) is 6.07. The van der Waals surface area contributed by atoms with Crippen LogP contribution in [0.3, 0.4) is 0 Å². The van der Waals surface area contributed by atoms with E-state index in [0.717, 1.165) is 22.9 Å². The van der Waals surface area contributed by atoms with Gasteiger partial charge in [0.2, 0.25) is 0 Å². The van der Waals surface area contributed by atoms with Crippen molar-refractivity contribution < 1.29 is 4.21 Å². The Morgan fingerprint density at radius 1 is 1.33 bits per heavy atom. The summed E-state index contributed by atoms with van der Waals surface area (Å²) in [7, 11) is -0.892. The molecule has 0 aliphatic rings. The van der Waals surface area contributed by atoms with Crippen molar-refractivity contribution in [3.05, 3.63) is 42.1 Å². The van der Waals surface area contributed by atoms with Crippen LogP contribution in [0, 0.1) is 0 Å². The highest BCUT2D eigenvalue weighted by Gasteiger charge is 2.12. The number of benzene rings is 1. The standard InChI is InChI=1S/C14H18N2OS/c1-11(7-8-15)18(17)10-13-5-2-4-12-6-3-9-16-14(12)13/h2-6,9,11H,7-8,10,15H2,1H3. The molecule has 0 amide bonds. The molecule has 0 bridgehead atoms. The molecule has 3 nitrogen and oxygen atoms in total. The Morgan fingerprint density at radius 3 is 2.89 bits per heavy atom. The minimum absolute atomic E-state index is 0.133. The average molecular weight is 262 g/mol. The van der Waals surface area contributed by atoms with Crippen LogP contribution in [0.25, 0.3) is 10.9 Å². The molecule has 0 spiro atoms. The molecule has 1 aromatic heterocycles. The molecular weight excluding hydrogens is 244 g/mol. The van der Waals surface area contributed by atoms with Crippen LogP contribution >= 0.6 is 0 Å². The number of para-hydroxylation sites is 1. The highest BCUT2D eigenvalue weighted by atomic mass is 32.2. The largest absolute Gasteiger partial charge is 0.330 e. The summed E-state index contributed by atoms with van der Waals surface area (Å²) < 4.78 is 12.2. The maximum atomic E-state index is 12.2. The number of nitrogens with zero attached hydrogens (tertiary/aromatic N) is 1. The minimum Gasteiger partial charge on any atom is -0.330 e. The van der Waals surface area contributed by atoms with Gasteiger partial charge in [-0.15, -0.1) is 0 Å². The fourth-order valence-corrected chi connectivity index (χ4v) is 3.17. The summed E-state index contributed by atoms with van der Waals surface area (Å²) in [5.41, 5.74) is 7.51. The van der Waals surface area contributed by atoms with Crippen LogP contribution < -0.4 is 5.73 Å². The molecule has 2 N–H and O–H groups in total. The van der Waals surface area contributed by atoms with Crippen LogP contribution in [-0.4, -0.2) is 21.0 Å². The number of pyridine rings is 1. The molecule has 0 saturated carbocycles. The van der Waals surface area contributed by atoms with Crippen LogP contribution in [0.5, 0.6) is 0 Å². The first-order valence-electron chi connectivity index (χ1n) is 6.12. The van der Waals surface area contributed by atoms with Crippen molar-refractivity contribution in [1.29, 1.82) is 0 Å². The van der Waals surface area contributed by atoms with Crippen molar-refractivity contribution in [2.75, 3.05) is 6.54 Å². The van der Waals surface area contributed by atoms with E-state index in [-0.39, 0.29) is 5.25 Å². The summed E-state index contributed by atoms with van der Waals surface area (Å²) in [5.74, 6) is 0.551. The highest BCUT2D eigenvalue weighted by molar-refractivity contribution is 7.84. The van der Waals surface area contributed by atoms with Gasteiger partial charge in [0.1, 0.15) is 0 Å². The molecule has 0 fully saturated rings. The number of aromatic nitrogens is 1. The molecule has 1 heterocycles. The van der Waals surface area contributed by atoms with Gasteiger partial charge < -0.3 is 5.73 Å². The molecule has 18 heavy (non-hydrogen) atoms. The molecule has 0 aliphatic heterocycles. The predicted octanol–water partition coefficient (Wildman–Crippen LogP) is 2.22. The van der Waals surface area contributed by atoms with Gasteiger partial charge in [-0.25, -0.2) is 0 Å². The normalized spacial score (nSPS) is 14.6. The number of fused-ring (bicyclic) bond motifs is 1. The van der Waals surface area contributed by atoms with Crippen LogP contribution in [0.1, 0.15) is 18.9 Å². The zero-order valence-corrected chi connectivity index (χ0v) is 11.3. The Kier molecular flexibility index (Phi) is 4.44. The number of hydrogen-bond acceptors (Lipinski definition) is 3. The molecule has 0 saturated heterocycles. The third-order valence-electron chi connectivity index (χ3n) is 3.04. The maximum absolute atomic E-state index is 12.2.